The van der Waals surface area contributed by atoms with E-state index in [-0.39, 0.29) is 5.97 Å². The summed E-state index contributed by atoms with van der Waals surface area (Å²) < 4.78 is 5.23. The zero-order chi connectivity index (χ0) is 13.8. The van der Waals surface area contributed by atoms with E-state index in [1.807, 2.05) is 18.2 Å². The number of esters is 1. The predicted molar refractivity (Wildman–Crippen MR) is 78.6 cm³/mol. The van der Waals surface area contributed by atoms with Crippen LogP contribution in [-0.4, -0.2) is 5.97 Å². The molecule has 2 nitrogen and oxygen atoms in total. The average Bonchev–Trinajstić information content (AvgIpc) is 2.45. The molecule has 19 heavy (non-hydrogen) atoms. The van der Waals surface area contributed by atoms with Gasteiger partial charge >= 0.3 is 5.97 Å². The number of carbonyl (C=O) groups is 1. The van der Waals surface area contributed by atoms with Crippen LogP contribution in [0.3, 0.4) is 0 Å². The van der Waals surface area contributed by atoms with Crippen molar-refractivity contribution in [1.82, 2.24) is 0 Å². The first-order valence-corrected chi connectivity index (χ1v) is 6.88. The highest BCUT2D eigenvalue weighted by atomic mass is 16.5. The van der Waals surface area contributed by atoms with Crippen LogP contribution in [0.15, 0.2) is 36.4 Å². The molecule has 0 amide bonds. The van der Waals surface area contributed by atoms with E-state index in [1.54, 1.807) is 6.92 Å². The Labute approximate surface area is 114 Å². The third-order valence-electron chi connectivity index (χ3n) is 3.54. The predicted octanol–water partition coefficient (Wildman–Crippen LogP) is 4.67. The zero-order valence-electron chi connectivity index (χ0n) is 11.8. The maximum absolute atomic E-state index is 11.3. The second kappa shape index (κ2) is 5.87. The zero-order valence-corrected chi connectivity index (χ0v) is 11.8. The van der Waals surface area contributed by atoms with Crippen LogP contribution < -0.4 is 4.74 Å². The van der Waals surface area contributed by atoms with E-state index in [4.69, 9.17) is 4.74 Å². The molecule has 0 saturated carbocycles. The fourth-order valence-electron chi connectivity index (χ4n) is 2.05. The Morgan fingerprint density at radius 3 is 2.47 bits per heavy atom. The van der Waals surface area contributed by atoms with Crippen molar-refractivity contribution in [3.05, 3.63) is 42.0 Å². The van der Waals surface area contributed by atoms with Gasteiger partial charge in [-0.15, -0.1) is 0 Å². The van der Waals surface area contributed by atoms with Crippen LogP contribution >= 0.6 is 0 Å². The fourth-order valence-corrected chi connectivity index (χ4v) is 2.05. The molecule has 1 unspecified atom stereocenters. The van der Waals surface area contributed by atoms with E-state index >= 15 is 0 Å². The number of carbonyl (C=O) groups excluding carboxylic acids is 1. The van der Waals surface area contributed by atoms with Crippen molar-refractivity contribution < 1.29 is 9.53 Å². The van der Waals surface area contributed by atoms with Crippen LogP contribution in [0.2, 0.25) is 0 Å². The molecule has 1 atom stereocenters. The van der Waals surface area contributed by atoms with Crippen molar-refractivity contribution in [2.45, 2.75) is 39.5 Å². The summed E-state index contributed by atoms with van der Waals surface area (Å²) in [5.41, 5.74) is 1.35. The highest BCUT2D eigenvalue weighted by molar-refractivity contribution is 5.85. The fraction of sp³-hybridized carbons (Fsp3) is 0.353. The molecule has 0 aromatic heterocycles. The van der Waals surface area contributed by atoms with Crippen LogP contribution in [0.25, 0.3) is 10.8 Å². The summed E-state index contributed by atoms with van der Waals surface area (Å²) in [6.45, 7) is 6.22. The Morgan fingerprint density at radius 1 is 1.11 bits per heavy atom. The Morgan fingerprint density at radius 2 is 1.79 bits per heavy atom. The molecular weight excluding hydrogens is 236 g/mol. The summed E-state index contributed by atoms with van der Waals surface area (Å²) in [6.07, 6.45) is 1.53. The van der Waals surface area contributed by atoms with E-state index in [2.05, 4.69) is 32.0 Å². The van der Waals surface area contributed by atoms with Crippen LogP contribution in [0, 0.1) is 0 Å². The monoisotopic (exact) mass is 256 g/mol. The molecule has 0 N–H and O–H groups in total. The number of hydrogen-bond donors (Lipinski definition) is 0. The highest BCUT2D eigenvalue weighted by Crippen LogP contribution is 2.26. The van der Waals surface area contributed by atoms with Crippen LogP contribution in [0.4, 0.5) is 0 Å². The van der Waals surface area contributed by atoms with Crippen molar-refractivity contribution in [2.75, 3.05) is 0 Å². The van der Waals surface area contributed by atoms with Gasteiger partial charge in [-0.3, -0.25) is 4.79 Å². The Kier molecular flexibility index (Phi) is 4.20. The van der Waals surface area contributed by atoms with Gasteiger partial charge in [0.1, 0.15) is 5.75 Å². The minimum Gasteiger partial charge on any atom is -0.427 e. The van der Waals surface area contributed by atoms with Crippen molar-refractivity contribution in [2.24, 2.45) is 0 Å². The van der Waals surface area contributed by atoms with E-state index in [9.17, 15) is 4.79 Å². The van der Waals surface area contributed by atoms with Gasteiger partial charge in [0.25, 0.3) is 0 Å². The van der Waals surface area contributed by atoms with Gasteiger partial charge < -0.3 is 4.74 Å². The molecule has 2 heteroatoms. The van der Waals surface area contributed by atoms with Crippen molar-refractivity contribution in [3.8, 4) is 5.75 Å². The molecule has 2 aromatic carbocycles. The van der Waals surface area contributed by atoms with Crippen molar-refractivity contribution >= 4 is 16.7 Å². The minimum absolute atomic E-state index is 0.199. The third kappa shape index (κ3) is 3.14. The summed E-state index contributed by atoms with van der Waals surface area (Å²) in [4.78, 5) is 11.3. The number of benzene rings is 2. The average molecular weight is 256 g/mol. The summed E-state index contributed by atoms with van der Waals surface area (Å²) in [7, 11) is 0. The van der Waals surface area contributed by atoms with E-state index in [0.717, 1.165) is 11.8 Å². The molecule has 0 radical (unpaired) electrons. The van der Waals surface area contributed by atoms with E-state index in [0.29, 0.717) is 18.1 Å². The van der Waals surface area contributed by atoms with Gasteiger partial charge in [-0.2, -0.15) is 0 Å². The lowest BCUT2D eigenvalue weighted by Gasteiger charge is -2.10. The van der Waals surface area contributed by atoms with Gasteiger partial charge in [0.15, 0.2) is 0 Å². The topological polar surface area (TPSA) is 26.3 Å². The van der Waals surface area contributed by atoms with Gasteiger partial charge in [0.05, 0.1) is 0 Å². The molecule has 0 bridgehead atoms. The largest absolute Gasteiger partial charge is 0.427 e. The minimum atomic E-state index is -0.199. The normalized spacial score (nSPS) is 12.4. The highest BCUT2D eigenvalue weighted by Gasteiger charge is 2.06. The third-order valence-corrected chi connectivity index (χ3v) is 3.54. The van der Waals surface area contributed by atoms with Gasteiger partial charge in [-0.25, -0.2) is 0 Å². The second-order valence-corrected chi connectivity index (χ2v) is 4.91. The molecular formula is C17H20O2. The lowest BCUT2D eigenvalue weighted by molar-refractivity contribution is -0.134. The first-order chi connectivity index (χ1) is 9.13. The maximum atomic E-state index is 11.3. The molecule has 0 spiro atoms. The molecule has 0 aliphatic heterocycles. The van der Waals surface area contributed by atoms with Crippen molar-refractivity contribution in [1.29, 1.82) is 0 Å². The van der Waals surface area contributed by atoms with Gasteiger partial charge in [0.2, 0.25) is 0 Å². The lowest BCUT2D eigenvalue weighted by atomic mass is 9.96. The Balaban J connectivity index is 2.32. The number of hydrogen-bond acceptors (Lipinski definition) is 2. The van der Waals surface area contributed by atoms with Crippen LogP contribution in [0.1, 0.15) is 45.1 Å². The smallest absolute Gasteiger partial charge is 0.310 e. The molecule has 0 heterocycles. The molecule has 0 aliphatic carbocycles. The van der Waals surface area contributed by atoms with Gasteiger partial charge in [-0.05, 0) is 40.8 Å². The number of rotatable bonds is 4. The SMILES string of the molecule is CCC(=O)Oc1ccc2cc(C(C)CC)ccc2c1. The van der Waals surface area contributed by atoms with Crippen LogP contribution in [-0.2, 0) is 4.79 Å². The van der Waals surface area contributed by atoms with Crippen molar-refractivity contribution in [3.63, 3.8) is 0 Å². The summed E-state index contributed by atoms with van der Waals surface area (Å²) in [6, 6.07) is 12.3. The first-order valence-electron chi connectivity index (χ1n) is 6.88. The summed E-state index contributed by atoms with van der Waals surface area (Å²) in [5.74, 6) is 0.994. The standard InChI is InChI=1S/C17H20O2/c1-4-12(3)13-6-7-15-11-16(19-17(18)5-2)9-8-14(15)10-13/h6-12H,4-5H2,1-3H3. The molecule has 2 rings (SSSR count). The molecule has 2 aromatic rings. The van der Waals surface area contributed by atoms with E-state index < -0.39 is 0 Å². The maximum Gasteiger partial charge on any atom is 0.310 e. The Bertz CT molecular complexity index is 587. The first kappa shape index (κ1) is 13.6. The number of ether oxygens (including phenoxy) is 1. The molecule has 0 saturated heterocycles. The second-order valence-electron chi connectivity index (χ2n) is 4.91. The molecule has 0 fully saturated rings. The summed E-state index contributed by atoms with van der Waals surface area (Å²) >= 11 is 0. The van der Waals surface area contributed by atoms with E-state index in [1.165, 1.54) is 10.9 Å². The summed E-state index contributed by atoms with van der Waals surface area (Å²) in [5, 5.41) is 2.29. The van der Waals surface area contributed by atoms with Gasteiger partial charge in [-0.1, -0.05) is 45.0 Å². The Hall–Kier alpha value is -1.83. The molecule has 0 aliphatic rings. The quantitative estimate of drug-likeness (QED) is 0.587. The van der Waals surface area contributed by atoms with Crippen LogP contribution in [0.5, 0.6) is 5.75 Å². The number of fused-ring (bicyclic) bond motifs is 1. The molecule has 100 valence electrons. The lowest BCUT2D eigenvalue weighted by Crippen LogP contribution is -2.05. The van der Waals surface area contributed by atoms with Gasteiger partial charge in [0, 0.05) is 6.42 Å².